The molecule has 3 rings (SSSR count). The average molecular weight is 438 g/mol. The lowest BCUT2D eigenvalue weighted by Crippen LogP contribution is -2.46. The third kappa shape index (κ3) is 5.05. The van der Waals surface area contributed by atoms with Crippen molar-refractivity contribution < 1.29 is 14.5 Å². The van der Waals surface area contributed by atoms with Crippen molar-refractivity contribution >= 4 is 17.5 Å². The molecule has 2 heterocycles. The molecule has 1 aromatic carbocycles. The second kappa shape index (κ2) is 10.7. The lowest BCUT2D eigenvalue weighted by Gasteiger charge is -2.34. The zero-order valence-electron chi connectivity index (χ0n) is 18.0. The third-order valence-electron chi connectivity index (χ3n) is 6.33. The summed E-state index contributed by atoms with van der Waals surface area (Å²) in [4.78, 5) is 40.6. The Hall–Kier alpha value is -3.46. The first-order valence-electron chi connectivity index (χ1n) is 11.1. The number of likely N-dealkylation sites (tertiary alicyclic amines) is 2. The van der Waals surface area contributed by atoms with Gasteiger partial charge in [-0.1, -0.05) is 12.1 Å². The van der Waals surface area contributed by atoms with Crippen molar-refractivity contribution in [1.82, 2.24) is 9.80 Å². The van der Waals surface area contributed by atoms with E-state index in [4.69, 9.17) is 0 Å². The minimum atomic E-state index is -1.28. The van der Waals surface area contributed by atoms with Gasteiger partial charge in [0, 0.05) is 44.2 Å². The summed E-state index contributed by atoms with van der Waals surface area (Å²) in [7, 11) is 0. The molecule has 2 unspecified atom stereocenters. The van der Waals surface area contributed by atoms with E-state index in [0.29, 0.717) is 26.2 Å². The molecule has 0 aliphatic carbocycles. The van der Waals surface area contributed by atoms with Crippen LogP contribution in [0.5, 0.6) is 0 Å². The van der Waals surface area contributed by atoms with E-state index in [-0.39, 0.29) is 11.3 Å². The summed E-state index contributed by atoms with van der Waals surface area (Å²) in [5, 5.41) is 31.4. The molecule has 168 valence electrons. The number of nitrogens with zero attached hydrogens (tertiary/aromatic N) is 5. The molecule has 2 amide bonds. The summed E-state index contributed by atoms with van der Waals surface area (Å²) in [6.07, 6.45) is 5.34. The Bertz CT molecular complexity index is 890. The van der Waals surface area contributed by atoms with Gasteiger partial charge < -0.3 is 9.80 Å². The van der Waals surface area contributed by atoms with Gasteiger partial charge in [0.25, 0.3) is 5.69 Å². The standard InChI is InChI=1S/C23H27N5O4/c24-15-19(22(29)26-10-3-1-4-11-26)21(17-8-7-9-18(14-17)28(31)32)20(16-25)23(30)27-12-5-2-6-13-27/h7-9,14,19-21H,1-6,10-13H2. The first-order valence-corrected chi connectivity index (χ1v) is 11.1. The van der Waals surface area contributed by atoms with Crippen molar-refractivity contribution in [2.75, 3.05) is 26.2 Å². The molecule has 1 aromatic rings. The van der Waals surface area contributed by atoms with Gasteiger partial charge >= 0.3 is 0 Å². The van der Waals surface area contributed by atoms with Crippen molar-refractivity contribution in [3.05, 3.63) is 39.9 Å². The molecule has 2 aliphatic rings. The molecule has 0 radical (unpaired) electrons. The fourth-order valence-electron chi connectivity index (χ4n) is 4.62. The van der Waals surface area contributed by atoms with Crippen LogP contribution >= 0.6 is 0 Å². The van der Waals surface area contributed by atoms with E-state index in [1.54, 1.807) is 15.9 Å². The van der Waals surface area contributed by atoms with Crippen LogP contribution in [0.25, 0.3) is 0 Å². The molecule has 0 saturated carbocycles. The number of benzene rings is 1. The predicted octanol–water partition coefficient (Wildman–Crippen LogP) is 2.98. The Morgan fingerprint density at radius 2 is 1.34 bits per heavy atom. The maximum atomic E-state index is 13.3. The van der Waals surface area contributed by atoms with E-state index >= 15 is 0 Å². The van der Waals surface area contributed by atoms with Crippen molar-refractivity contribution in [2.24, 2.45) is 11.8 Å². The molecule has 9 heteroatoms. The summed E-state index contributed by atoms with van der Waals surface area (Å²) in [6, 6.07) is 9.66. The molecular formula is C23H27N5O4. The highest BCUT2D eigenvalue weighted by Crippen LogP contribution is 2.37. The summed E-state index contributed by atoms with van der Waals surface area (Å²) >= 11 is 0. The fraction of sp³-hybridized carbons (Fsp3) is 0.565. The summed E-state index contributed by atoms with van der Waals surface area (Å²) < 4.78 is 0. The van der Waals surface area contributed by atoms with E-state index in [1.807, 2.05) is 12.1 Å². The molecule has 0 N–H and O–H groups in total. The Balaban J connectivity index is 2.03. The number of rotatable bonds is 6. The van der Waals surface area contributed by atoms with Gasteiger partial charge in [0.15, 0.2) is 0 Å². The van der Waals surface area contributed by atoms with Crippen LogP contribution in [0.15, 0.2) is 24.3 Å². The van der Waals surface area contributed by atoms with Crippen molar-refractivity contribution in [3.8, 4) is 12.1 Å². The molecule has 2 atom stereocenters. The van der Waals surface area contributed by atoms with E-state index in [1.165, 1.54) is 18.2 Å². The van der Waals surface area contributed by atoms with Gasteiger partial charge in [-0.2, -0.15) is 10.5 Å². The highest BCUT2D eigenvalue weighted by atomic mass is 16.6. The number of nitriles is 2. The number of nitro groups is 1. The summed E-state index contributed by atoms with van der Waals surface area (Å²) in [6.45, 7) is 2.10. The van der Waals surface area contributed by atoms with Gasteiger partial charge in [-0.3, -0.25) is 19.7 Å². The van der Waals surface area contributed by atoms with Crippen LogP contribution in [-0.2, 0) is 9.59 Å². The van der Waals surface area contributed by atoms with Gasteiger partial charge in [-0.25, -0.2) is 0 Å². The van der Waals surface area contributed by atoms with E-state index in [2.05, 4.69) is 0 Å². The van der Waals surface area contributed by atoms with Crippen molar-refractivity contribution in [1.29, 1.82) is 10.5 Å². The molecule has 0 bridgehead atoms. The zero-order chi connectivity index (χ0) is 23.1. The molecule has 9 nitrogen and oxygen atoms in total. The molecule has 2 aliphatic heterocycles. The Labute approximate surface area is 187 Å². The zero-order valence-corrected chi connectivity index (χ0v) is 18.0. The highest BCUT2D eigenvalue weighted by Gasteiger charge is 2.43. The number of carbonyl (C=O) groups is 2. The second-order valence-corrected chi connectivity index (χ2v) is 8.36. The van der Waals surface area contributed by atoms with Gasteiger partial charge in [0.2, 0.25) is 11.8 Å². The Morgan fingerprint density at radius 1 is 0.875 bits per heavy atom. The molecule has 2 fully saturated rings. The van der Waals surface area contributed by atoms with Crippen LogP contribution in [-0.4, -0.2) is 52.7 Å². The SMILES string of the molecule is N#CC(C(=O)N1CCCCC1)C(c1cccc([N+](=O)[O-])c1)C(C#N)C(=O)N1CCCCC1. The number of hydrogen-bond acceptors (Lipinski definition) is 6. The lowest BCUT2D eigenvalue weighted by molar-refractivity contribution is -0.384. The van der Waals surface area contributed by atoms with Crippen LogP contribution in [0.4, 0.5) is 5.69 Å². The van der Waals surface area contributed by atoms with E-state index in [9.17, 15) is 30.2 Å². The summed E-state index contributed by atoms with van der Waals surface area (Å²) in [5.41, 5.74) is 0.0738. The molecular weight excluding hydrogens is 410 g/mol. The van der Waals surface area contributed by atoms with Crippen molar-refractivity contribution in [3.63, 3.8) is 0 Å². The lowest BCUT2D eigenvalue weighted by atomic mass is 9.76. The van der Waals surface area contributed by atoms with Crippen LogP contribution in [0, 0.1) is 44.6 Å². The molecule has 0 spiro atoms. The smallest absolute Gasteiger partial charge is 0.269 e. The number of non-ortho nitro benzene ring substituents is 1. The Kier molecular flexibility index (Phi) is 7.77. The quantitative estimate of drug-likeness (QED) is 0.496. The highest BCUT2D eigenvalue weighted by molar-refractivity contribution is 5.87. The van der Waals surface area contributed by atoms with E-state index in [0.717, 1.165) is 38.5 Å². The normalized spacial score (nSPS) is 19.2. The minimum absolute atomic E-state index is 0.211. The number of amides is 2. The predicted molar refractivity (Wildman–Crippen MR) is 115 cm³/mol. The number of piperidine rings is 2. The van der Waals surface area contributed by atoms with Gasteiger partial charge in [0.1, 0.15) is 11.8 Å². The second-order valence-electron chi connectivity index (χ2n) is 8.36. The van der Waals surface area contributed by atoms with Crippen molar-refractivity contribution in [2.45, 2.75) is 44.4 Å². The van der Waals surface area contributed by atoms with Gasteiger partial charge in [0.05, 0.1) is 17.1 Å². The maximum absolute atomic E-state index is 13.3. The molecule has 2 saturated heterocycles. The van der Waals surface area contributed by atoms with Gasteiger partial charge in [-0.15, -0.1) is 0 Å². The summed E-state index contributed by atoms with van der Waals surface area (Å²) in [5.74, 6) is -4.50. The minimum Gasteiger partial charge on any atom is -0.342 e. The molecule has 32 heavy (non-hydrogen) atoms. The monoisotopic (exact) mass is 437 g/mol. The first-order chi connectivity index (χ1) is 15.5. The topological polar surface area (TPSA) is 131 Å². The van der Waals surface area contributed by atoms with Crippen LogP contribution in [0.1, 0.15) is 50.0 Å². The average Bonchev–Trinajstić information content (AvgIpc) is 2.84. The van der Waals surface area contributed by atoms with Crippen LogP contribution in [0.2, 0.25) is 0 Å². The largest absolute Gasteiger partial charge is 0.342 e. The Morgan fingerprint density at radius 3 is 1.75 bits per heavy atom. The first kappa shape index (κ1) is 23.2. The van der Waals surface area contributed by atoms with E-state index < -0.39 is 34.5 Å². The maximum Gasteiger partial charge on any atom is 0.269 e. The van der Waals surface area contributed by atoms with Crippen LogP contribution in [0.3, 0.4) is 0 Å². The van der Waals surface area contributed by atoms with Crippen LogP contribution < -0.4 is 0 Å². The fourth-order valence-corrected chi connectivity index (χ4v) is 4.62. The third-order valence-corrected chi connectivity index (χ3v) is 6.33. The molecule has 0 aromatic heterocycles. The number of hydrogen-bond donors (Lipinski definition) is 0. The number of nitro benzene ring substituents is 1. The van der Waals surface area contributed by atoms with Gasteiger partial charge in [-0.05, 0) is 44.1 Å². The number of carbonyl (C=O) groups excluding carboxylic acids is 2.